The third-order valence-electron chi connectivity index (χ3n) is 8.54. The molecule has 4 rings (SSSR count). The maximum Gasteiger partial charge on any atom is 0.133 e. The predicted octanol–water partition coefficient (Wildman–Crippen LogP) is 4.99. The van der Waals surface area contributed by atoms with Crippen molar-refractivity contribution >= 4 is 5.78 Å². The van der Waals surface area contributed by atoms with E-state index in [1.54, 1.807) is 0 Å². The summed E-state index contributed by atoms with van der Waals surface area (Å²) in [6, 6.07) is 0. The molecule has 1 N–H and O–H groups in total. The van der Waals surface area contributed by atoms with E-state index >= 15 is 0 Å². The monoisotopic (exact) mass is 338 g/mol. The van der Waals surface area contributed by atoms with Crippen molar-refractivity contribution in [3.05, 3.63) is 0 Å². The Labute approximate surface area is 156 Å². The summed E-state index contributed by atoms with van der Waals surface area (Å²) in [6.07, 6.45) is 2.88. The third-order valence-corrected chi connectivity index (χ3v) is 8.54. The van der Waals surface area contributed by atoms with Crippen LogP contribution in [0.1, 0.15) is 93.6 Å². The lowest BCUT2D eigenvalue weighted by Crippen LogP contribution is -2.55. The summed E-state index contributed by atoms with van der Waals surface area (Å²) < 4.78 is 49.7. The maximum atomic E-state index is 12.6. The number of rotatable bonds is 1. The molecule has 0 aromatic carbocycles. The molecular formula is C22H36O2. The fourth-order valence-corrected chi connectivity index (χ4v) is 7.19. The summed E-state index contributed by atoms with van der Waals surface area (Å²) in [7, 11) is 0. The molecule has 0 spiro atoms. The van der Waals surface area contributed by atoms with Crippen molar-refractivity contribution in [3.63, 3.8) is 0 Å². The third kappa shape index (κ3) is 2.27. The van der Waals surface area contributed by atoms with E-state index in [1.165, 1.54) is 6.92 Å². The van der Waals surface area contributed by atoms with Gasteiger partial charge in [0.15, 0.2) is 0 Å². The second-order valence-electron chi connectivity index (χ2n) is 9.66. The lowest BCUT2D eigenvalue weighted by Gasteiger charge is -2.61. The molecule has 2 heteroatoms. The first-order valence-electron chi connectivity index (χ1n) is 12.8. The molecular weight excluding hydrogens is 296 g/mol. The zero-order valence-corrected chi connectivity index (χ0v) is 15.3. The standard InChI is InChI=1S/C22H36O2/c1-14(23)17-7-8-18-16-6-5-15-13-20(2,24)11-12-21(15,3)19(16)9-10-22(17,18)4/h15-19,24H,5-13H2,1-4H3/t15-,16-,17+,18-,19-,20+,21-,22+/m0/s1/i2D3,7D2,17D. The summed E-state index contributed by atoms with van der Waals surface area (Å²) in [5.74, 6) is -1.34. The van der Waals surface area contributed by atoms with Crippen LogP contribution >= 0.6 is 0 Å². The molecule has 0 aromatic rings. The van der Waals surface area contributed by atoms with Crippen LogP contribution in [0.2, 0.25) is 0 Å². The van der Waals surface area contributed by atoms with E-state index in [9.17, 15) is 9.90 Å². The van der Waals surface area contributed by atoms with Crippen LogP contribution in [0, 0.1) is 40.4 Å². The van der Waals surface area contributed by atoms with Gasteiger partial charge in [0.1, 0.15) is 5.78 Å². The molecule has 136 valence electrons. The predicted molar refractivity (Wildman–Crippen MR) is 96.5 cm³/mol. The molecule has 0 unspecified atom stereocenters. The van der Waals surface area contributed by atoms with Gasteiger partial charge in [-0.2, -0.15) is 0 Å². The highest BCUT2D eigenvalue weighted by Crippen LogP contribution is 2.68. The number of carbonyl (C=O) groups excluding carboxylic acids is 1. The van der Waals surface area contributed by atoms with E-state index in [4.69, 9.17) is 8.22 Å². The maximum absolute atomic E-state index is 12.6. The van der Waals surface area contributed by atoms with Crippen LogP contribution in [-0.4, -0.2) is 16.5 Å². The van der Waals surface area contributed by atoms with E-state index in [0.29, 0.717) is 25.2 Å². The van der Waals surface area contributed by atoms with Crippen molar-refractivity contribution < 1.29 is 18.1 Å². The first-order chi connectivity index (χ1) is 13.5. The van der Waals surface area contributed by atoms with E-state index in [1.807, 2.05) is 6.92 Å². The molecule has 4 aliphatic carbocycles. The number of aliphatic hydroxyl groups is 1. The summed E-state index contributed by atoms with van der Waals surface area (Å²) in [5, 5.41) is 10.9. The van der Waals surface area contributed by atoms with Crippen LogP contribution in [0.3, 0.4) is 0 Å². The van der Waals surface area contributed by atoms with Crippen molar-refractivity contribution in [3.8, 4) is 0 Å². The molecule has 0 amide bonds. The Morgan fingerprint density at radius 1 is 1.12 bits per heavy atom. The van der Waals surface area contributed by atoms with Gasteiger partial charge in [0, 0.05) is 14.1 Å². The highest BCUT2D eigenvalue weighted by molar-refractivity contribution is 5.79. The minimum atomic E-state index is -2.37. The van der Waals surface area contributed by atoms with E-state index in [-0.39, 0.29) is 41.8 Å². The van der Waals surface area contributed by atoms with Crippen molar-refractivity contribution in [2.75, 3.05) is 0 Å². The first kappa shape index (κ1) is 11.4. The number of Topliss-reactive ketones (excluding diaryl/α,β-unsaturated/α-hetero) is 1. The van der Waals surface area contributed by atoms with Crippen LogP contribution in [0.15, 0.2) is 0 Å². The Morgan fingerprint density at radius 2 is 1.88 bits per heavy atom. The highest BCUT2D eigenvalue weighted by Gasteiger charge is 2.61. The Morgan fingerprint density at radius 3 is 2.58 bits per heavy atom. The van der Waals surface area contributed by atoms with Crippen molar-refractivity contribution in [2.24, 2.45) is 40.4 Å². The molecule has 0 aliphatic heterocycles. The number of ketones is 1. The average Bonchev–Trinajstić information content (AvgIpc) is 2.79. The number of hydrogen-bond donors (Lipinski definition) is 1. The molecule has 8 atom stereocenters. The quantitative estimate of drug-likeness (QED) is 0.731. The minimum absolute atomic E-state index is 0.00569. The van der Waals surface area contributed by atoms with E-state index in [0.717, 1.165) is 19.3 Å². The van der Waals surface area contributed by atoms with Crippen LogP contribution in [-0.2, 0) is 4.79 Å². The molecule has 24 heavy (non-hydrogen) atoms. The largest absolute Gasteiger partial charge is 0.390 e. The Hall–Kier alpha value is -0.370. The average molecular weight is 339 g/mol. The Bertz CT molecular complexity index is 752. The molecule has 0 aromatic heterocycles. The second kappa shape index (κ2) is 5.32. The lowest BCUT2D eigenvalue weighted by molar-refractivity contribution is -0.150. The molecule has 4 aliphatic rings. The molecule has 4 fully saturated rings. The number of carbonyl (C=O) groups is 1. The summed E-state index contributed by atoms with van der Waals surface area (Å²) in [5.41, 5.74) is -2.35. The van der Waals surface area contributed by atoms with Gasteiger partial charge in [-0.3, -0.25) is 4.79 Å². The Kier molecular flexibility index (Phi) is 2.52. The second-order valence-corrected chi connectivity index (χ2v) is 9.66. The van der Waals surface area contributed by atoms with Gasteiger partial charge in [0.25, 0.3) is 0 Å². The van der Waals surface area contributed by atoms with Crippen molar-refractivity contribution in [2.45, 2.75) is 91.0 Å². The lowest BCUT2D eigenvalue weighted by atomic mass is 9.44. The smallest absolute Gasteiger partial charge is 0.133 e. The van der Waals surface area contributed by atoms with Crippen LogP contribution in [0.5, 0.6) is 0 Å². The van der Waals surface area contributed by atoms with Gasteiger partial charge < -0.3 is 5.11 Å². The Balaban J connectivity index is 1.66. The van der Waals surface area contributed by atoms with Crippen LogP contribution in [0.25, 0.3) is 0 Å². The molecule has 0 bridgehead atoms. The molecule has 0 heterocycles. The van der Waals surface area contributed by atoms with Crippen molar-refractivity contribution in [1.82, 2.24) is 0 Å². The van der Waals surface area contributed by atoms with E-state index in [2.05, 4.69) is 6.92 Å². The minimum Gasteiger partial charge on any atom is -0.390 e. The SMILES string of the molecule is [2H]C([2H])([2H])[C@@]1(O)CC[C@@]2(C)[C@@H](CC[C@@H]3[C@@H]2CC[C@@]2(C)[C@H]3CC([2H])([2H])[C@]2([2H])C(C)=O)C1. The van der Waals surface area contributed by atoms with Crippen LogP contribution < -0.4 is 0 Å². The first-order valence-corrected chi connectivity index (χ1v) is 9.77. The van der Waals surface area contributed by atoms with Gasteiger partial charge in [-0.25, -0.2) is 0 Å². The zero-order valence-electron chi connectivity index (χ0n) is 21.3. The summed E-state index contributed by atoms with van der Waals surface area (Å²) in [4.78, 5) is 12.6. The fourth-order valence-electron chi connectivity index (χ4n) is 7.19. The highest BCUT2D eigenvalue weighted by atomic mass is 16.3. The van der Waals surface area contributed by atoms with Gasteiger partial charge in [-0.1, -0.05) is 13.8 Å². The molecule has 0 radical (unpaired) electrons. The fraction of sp³-hybridized carbons (Fsp3) is 0.955. The summed E-state index contributed by atoms with van der Waals surface area (Å²) >= 11 is 0. The van der Waals surface area contributed by atoms with Gasteiger partial charge in [0.05, 0.1) is 5.60 Å². The van der Waals surface area contributed by atoms with Gasteiger partial charge in [-0.05, 0) is 106 Å². The van der Waals surface area contributed by atoms with Gasteiger partial charge in [-0.15, -0.1) is 0 Å². The normalized spacial score (nSPS) is 66.3. The molecule has 4 saturated carbocycles. The van der Waals surface area contributed by atoms with Crippen LogP contribution in [0.4, 0.5) is 0 Å². The molecule has 2 nitrogen and oxygen atoms in total. The van der Waals surface area contributed by atoms with Gasteiger partial charge >= 0.3 is 0 Å². The zero-order chi connectivity index (χ0) is 22.5. The topological polar surface area (TPSA) is 37.3 Å². The number of fused-ring (bicyclic) bond motifs is 5. The van der Waals surface area contributed by atoms with Gasteiger partial charge in [0.2, 0.25) is 0 Å². The number of hydrogen-bond acceptors (Lipinski definition) is 2. The molecule has 0 saturated heterocycles. The van der Waals surface area contributed by atoms with Crippen molar-refractivity contribution in [1.29, 1.82) is 0 Å². The van der Waals surface area contributed by atoms with E-state index < -0.39 is 30.1 Å². The summed E-state index contributed by atoms with van der Waals surface area (Å²) in [6.45, 7) is 3.22.